The maximum absolute atomic E-state index is 5.66. The summed E-state index contributed by atoms with van der Waals surface area (Å²) in [5, 5.41) is 7.99. The topological polar surface area (TPSA) is 64.3 Å². The number of rotatable bonds is 2. The highest BCUT2D eigenvalue weighted by molar-refractivity contribution is 7.80. The van der Waals surface area contributed by atoms with Crippen LogP contribution in [0.1, 0.15) is 12.5 Å². The summed E-state index contributed by atoms with van der Waals surface area (Å²) in [4.78, 5) is 2.46. The van der Waals surface area contributed by atoms with Crippen LogP contribution in [0, 0.1) is 0 Å². The molecule has 1 saturated heterocycles. The second kappa shape index (κ2) is 4.71. The molecular formula is C10H14N4OS. The summed E-state index contributed by atoms with van der Waals surface area (Å²) < 4.78 is 5.48. The zero-order valence-electron chi connectivity index (χ0n) is 9.09. The van der Waals surface area contributed by atoms with Crippen molar-refractivity contribution in [1.82, 2.24) is 10.2 Å². The Hall–Kier alpha value is -1.27. The van der Waals surface area contributed by atoms with Crippen LogP contribution in [0.15, 0.2) is 12.3 Å². The van der Waals surface area contributed by atoms with Crippen molar-refractivity contribution < 1.29 is 4.74 Å². The SMILES string of the molecule is CC1CN(c2nnccc2C(N)=S)CCO1. The maximum atomic E-state index is 5.66. The van der Waals surface area contributed by atoms with Gasteiger partial charge in [0.15, 0.2) is 5.82 Å². The molecule has 0 bridgehead atoms. The first-order chi connectivity index (χ1) is 7.68. The predicted octanol–water partition coefficient (Wildman–Crippen LogP) is 0.336. The van der Waals surface area contributed by atoms with Gasteiger partial charge in [0.1, 0.15) is 4.99 Å². The van der Waals surface area contributed by atoms with Crippen molar-refractivity contribution in [2.45, 2.75) is 13.0 Å². The smallest absolute Gasteiger partial charge is 0.161 e. The monoisotopic (exact) mass is 238 g/mol. The molecule has 0 saturated carbocycles. The molecule has 86 valence electrons. The summed E-state index contributed by atoms with van der Waals surface area (Å²) in [7, 11) is 0. The molecule has 1 aromatic heterocycles. The Morgan fingerprint density at radius 3 is 3.19 bits per heavy atom. The second-order valence-electron chi connectivity index (χ2n) is 3.76. The number of hydrogen-bond donors (Lipinski definition) is 1. The Morgan fingerprint density at radius 1 is 1.69 bits per heavy atom. The van der Waals surface area contributed by atoms with E-state index in [2.05, 4.69) is 15.1 Å². The first-order valence-electron chi connectivity index (χ1n) is 5.16. The van der Waals surface area contributed by atoms with Crippen molar-refractivity contribution in [2.24, 2.45) is 5.73 Å². The van der Waals surface area contributed by atoms with Crippen molar-refractivity contribution in [3.05, 3.63) is 17.8 Å². The molecule has 2 rings (SSSR count). The van der Waals surface area contributed by atoms with Gasteiger partial charge in [-0.1, -0.05) is 12.2 Å². The van der Waals surface area contributed by atoms with Crippen LogP contribution in [-0.4, -0.2) is 41.0 Å². The number of aromatic nitrogens is 2. The molecule has 2 N–H and O–H groups in total. The van der Waals surface area contributed by atoms with Crippen LogP contribution in [0.2, 0.25) is 0 Å². The van der Waals surface area contributed by atoms with Crippen LogP contribution in [0.25, 0.3) is 0 Å². The molecule has 1 fully saturated rings. The van der Waals surface area contributed by atoms with Crippen molar-refractivity contribution in [1.29, 1.82) is 0 Å². The largest absolute Gasteiger partial charge is 0.389 e. The highest BCUT2D eigenvalue weighted by atomic mass is 32.1. The van der Waals surface area contributed by atoms with Crippen LogP contribution in [0.4, 0.5) is 5.82 Å². The van der Waals surface area contributed by atoms with E-state index in [4.69, 9.17) is 22.7 Å². The minimum absolute atomic E-state index is 0.190. The molecule has 1 aliphatic heterocycles. The van der Waals surface area contributed by atoms with Crippen molar-refractivity contribution >= 4 is 23.0 Å². The normalized spacial score (nSPS) is 20.8. The standard InChI is InChI=1S/C10H14N4OS/c1-7-6-14(4-5-15-7)10-8(9(11)16)2-3-12-13-10/h2-3,7H,4-6H2,1H3,(H2,11,16). The number of nitrogens with two attached hydrogens (primary N) is 1. The van der Waals surface area contributed by atoms with E-state index in [0.717, 1.165) is 24.5 Å². The highest BCUT2D eigenvalue weighted by Crippen LogP contribution is 2.18. The van der Waals surface area contributed by atoms with E-state index >= 15 is 0 Å². The molecule has 0 radical (unpaired) electrons. The third-order valence-corrected chi connectivity index (χ3v) is 2.73. The van der Waals surface area contributed by atoms with Crippen molar-refractivity contribution in [3.63, 3.8) is 0 Å². The van der Waals surface area contributed by atoms with Crippen molar-refractivity contribution in [3.8, 4) is 0 Å². The van der Waals surface area contributed by atoms with Gasteiger partial charge in [-0.2, -0.15) is 5.10 Å². The Kier molecular flexibility index (Phi) is 3.31. The van der Waals surface area contributed by atoms with Gasteiger partial charge in [0.25, 0.3) is 0 Å². The van der Waals surface area contributed by atoms with Gasteiger partial charge >= 0.3 is 0 Å². The molecule has 2 heterocycles. The molecule has 5 nitrogen and oxygen atoms in total. The molecule has 0 aliphatic carbocycles. The van der Waals surface area contributed by atoms with Crippen LogP contribution in [0.3, 0.4) is 0 Å². The number of ether oxygens (including phenoxy) is 1. The number of hydrogen-bond acceptors (Lipinski definition) is 5. The molecule has 0 spiro atoms. The minimum atomic E-state index is 0.190. The molecule has 0 aromatic carbocycles. The number of nitrogens with zero attached hydrogens (tertiary/aromatic N) is 3. The highest BCUT2D eigenvalue weighted by Gasteiger charge is 2.21. The van der Waals surface area contributed by atoms with Gasteiger partial charge in [-0.15, -0.1) is 5.10 Å². The fraction of sp³-hybridized carbons (Fsp3) is 0.500. The molecule has 16 heavy (non-hydrogen) atoms. The lowest BCUT2D eigenvalue weighted by atomic mass is 10.2. The van der Waals surface area contributed by atoms with Gasteiger partial charge in [0.2, 0.25) is 0 Å². The van der Waals surface area contributed by atoms with E-state index in [1.54, 1.807) is 12.3 Å². The Morgan fingerprint density at radius 2 is 2.50 bits per heavy atom. The summed E-state index contributed by atoms with van der Waals surface area (Å²) in [6.45, 7) is 4.30. The van der Waals surface area contributed by atoms with Crippen LogP contribution in [-0.2, 0) is 4.74 Å². The third kappa shape index (κ3) is 2.28. The Balaban J connectivity index is 2.28. The van der Waals surface area contributed by atoms with E-state index in [1.807, 2.05) is 6.92 Å². The summed E-state index contributed by atoms with van der Waals surface area (Å²) in [6.07, 6.45) is 1.79. The van der Waals surface area contributed by atoms with Gasteiger partial charge < -0.3 is 15.4 Å². The predicted molar refractivity (Wildman–Crippen MR) is 65.5 cm³/mol. The van der Waals surface area contributed by atoms with E-state index in [0.29, 0.717) is 11.6 Å². The van der Waals surface area contributed by atoms with E-state index < -0.39 is 0 Å². The maximum Gasteiger partial charge on any atom is 0.161 e. The van der Waals surface area contributed by atoms with Crippen LogP contribution < -0.4 is 10.6 Å². The number of thiocarbonyl (C=S) groups is 1. The fourth-order valence-corrected chi connectivity index (χ4v) is 1.92. The number of morpholine rings is 1. The number of anilines is 1. The summed E-state index contributed by atoms with van der Waals surface area (Å²) >= 11 is 5.00. The fourth-order valence-electron chi connectivity index (χ4n) is 1.76. The van der Waals surface area contributed by atoms with Gasteiger partial charge in [-0.3, -0.25) is 0 Å². The first-order valence-corrected chi connectivity index (χ1v) is 5.57. The summed E-state index contributed by atoms with van der Waals surface area (Å²) in [6, 6.07) is 1.80. The van der Waals surface area contributed by atoms with Gasteiger partial charge in [0, 0.05) is 13.1 Å². The van der Waals surface area contributed by atoms with E-state index in [9.17, 15) is 0 Å². The first kappa shape index (κ1) is 11.2. The van der Waals surface area contributed by atoms with E-state index in [1.165, 1.54) is 0 Å². The third-order valence-electron chi connectivity index (χ3n) is 2.51. The zero-order valence-corrected chi connectivity index (χ0v) is 9.91. The van der Waals surface area contributed by atoms with Gasteiger partial charge in [-0.05, 0) is 13.0 Å². The molecular weight excluding hydrogens is 224 g/mol. The van der Waals surface area contributed by atoms with E-state index in [-0.39, 0.29) is 6.10 Å². The summed E-state index contributed by atoms with van der Waals surface area (Å²) in [5.41, 5.74) is 6.44. The average molecular weight is 238 g/mol. The lowest BCUT2D eigenvalue weighted by molar-refractivity contribution is 0.0529. The molecule has 1 unspecified atom stereocenters. The lowest BCUT2D eigenvalue weighted by Gasteiger charge is -2.32. The summed E-state index contributed by atoms with van der Waals surface area (Å²) in [5.74, 6) is 0.755. The van der Waals surface area contributed by atoms with Gasteiger partial charge in [-0.25, -0.2) is 0 Å². The average Bonchev–Trinajstić information content (AvgIpc) is 2.29. The lowest BCUT2D eigenvalue weighted by Crippen LogP contribution is -2.42. The van der Waals surface area contributed by atoms with Crippen LogP contribution >= 0.6 is 12.2 Å². The molecule has 0 amide bonds. The van der Waals surface area contributed by atoms with Crippen LogP contribution in [0.5, 0.6) is 0 Å². The Bertz CT molecular complexity index is 398. The molecule has 1 aromatic rings. The van der Waals surface area contributed by atoms with Crippen molar-refractivity contribution in [2.75, 3.05) is 24.6 Å². The molecule has 6 heteroatoms. The Labute approximate surface area is 99.6 Å². The minimum Gasteiger partial charge on any atom is -0.389 e. The zero-order chi connectivity index (χ0) is 11.5. The van der Waals surface area contributed by atoms with Gasteiger partial charge in [0.05, 0.1) is 24.5 Å². The second-order valence-corrected chi connectivity index (χ2v) is 4.20. The molecule has 1 aliphatic rings. The quantitative estimate of drug-likeness (QED) is 0.749. The molecule has 1 atom stereocenters.